The minimum Gasteiger partial charge on any atom is -0.301 e. The average Bonchev–Trinajstić information content (AvgIpc) is 1.38. The first-order valence-corrected chi connectivity index (χ1v) is 1.22. The fraction of sp³-hybridized carbons (Fsp3) is 0. The molecular formula is C2ClNO. The van der Waals surface area contributed by atoms with Gasteiger partial charge in [-0.05, 0) is 0 Å². The van der Waals surface area contributed by atoms with Crippen LogP contribution in [0.25, 0.3) is 4.85 Å². The molecule has 0 bridgehead atoms. The Morgan fingerprint density at radius 3 is 2.20 bits per heavy atom. The molecule has 0 aromatic carbocycles. The van der Waals surface area contributed by atoms with Crippen LogP contribution in [-0.4, -0.2) is 5.37 Å². The van der Waals surface area contributed by atoms with Gasteiger partial charge in [0.25, 0.3) is 0 Å². The highest BCUT2D eigenvalue weighted by Gasteiger charge is 1.79. The summed E-state index contributed by atoms with van der Waals surface area (Å²) >= 11 is 4.47. The molecule has 3 heteroatoms. The van der Waals surface area contributed by atoms with E-state index in [1.807, 2.05) is 0 Å². The monoisotopic (exact) mass is 89.0 g/mol. The molecule has 0 aromatic rings. The standard InChI is InChI=1S/C2ClNO/c1-4-2(3)5. The van der Waals surface area contributed by atoms with Crippen LogP contribution in [0.4, 0.5) is 4.79 Å². The van der Waals surface area contributed by atoms with Gasteiger partial charge in [-0.15, -0.1) is 0 Å². The summed E-state index contributed by atoms with van der Waals surface area (Å²) in [5, 5.41) is -0.981. The van der Waals surface area contributed by atoms with Crippen molar-refractivity contribution in [2.24, 2.45) is 0 Å². The lowest BCUT2D eigenvalue weighted by molar-refractivity contribution is 0.271. The minimum absolute atomic E-state index is 0.981. The molecule has 0 radical (unpaired) electrons. The third-order valence-electron chi connectivity index (χ3n) is 0.0879. The summed E-state index contributed by atoms with van der Waals surface area (Å²) < 4.78 is 0. The van der Waals surface area contributed by atoms with Gasteiger partial charge in [0.05, 0.1) is 6.57 Å². The molecule has 0 atom stereocenters. The lowest BCUT2D eigenvalue weighted by Gasteiger charge is -1.52. The van der Waals surface area contributed by atoms with Gasteiger partial charge in [0.15, 0.2) is 0 Å². The van der Waals surface area contributed by atoms with Gasteiger partial charge in [0.2, 0.25) is 0 Å². The van der Waals surface area contributed by atoms with E-state index in [0.717, 1.165) is 0 Å². The van der Waals surface area contributed by atoms with Crippen molar-refractivity contribution in [2.75, 3.05) is 0 Å². The molecule has 0 saturated carbocycles. The fourth-order valence-electron chi connectivity index (χ4n) is 0. The molecule has 0 aliphatic heterocycles. The van der Waals surface area contributed by atoms with Gasteiger partial charge in [-0.3, -0.25) is 0 Å². The first kappa shape index (κ1) is 4.45. The molecule has 0 unspecified atom stereocenters. The topological polar surface area (TPSA) is 21.4 Å². The van der Waals surface area contributed by atoms with E-state index in [1.54, 1.807) is 0 Å². The number of nitrogens with zero attached hydrogens (tertiary/aromatic N) is 1. The van der Waals surface area contributed by atoms with Gasteiger partial charge >= 0.3 is 5.37 Å². The van der Waals surface area contributed by atoms with E-state index in [-0.39, 0.29) is 0 Å². The van der Waals surface area contributed by atoms with Crippen LogP contribution in [0.15, 0.2) is 0 Å². The fourth-order valence-corrected chi connectivity index (χ4v) is 0. The van der Waals surface area contributed by atoms with Crippen LogP contribution in [0, 0.1) is 6.57 Å². The Labute approximate surface area is 34.2 Å². The lowest BCUT2D eigenvalue weighted by atomic mass is 11.4. The maximum Gasteiger partial charge on any atom is 0.450 e. The van der Waals surface area contributed by atoms with E-state index < -0.39 is 5.37 Å². The molecule has 2 nitrogen and oxygen atoms in total. The second-order valence-corrected chi connectivity index (χ2v) is 0.688. The number of halogens is 1. The highest BCUT2D eigenvalue weighted by molar-refractivity contribution is 6.65. The number of rotatable bonds is 0. The summed E-state index contributed by atoms with van der Waals surface area (Å²) in [6, 6.07) is 0. The summed E-state index contributed by atoms with van der Waals surface area (Å²) in [4.78, 5) is 11.5. The zero-order valence-electron chi connectivity index (χ0n) is 2.23. The van der Waals surface area contributed by atoms with Crippen molar-refractivity contribution < 1.29 is 4.79 Å². The summed E-state index contributed by atoms with van der Waals surface area (Å²) in [5.41, 5.74) is 0. The zero-order valence-corrected chi connectivity index (χ0v) is 2.99. The molecule has 0 aliphatic rings. The normalized spacial score (nSPS) is 5.60. The molecular weight excluding hydrogens is 89.5 g/mol. The molecule has 0 saturated heterocycles. The van der Waals surface area contributed by atoms with Crippen LogP contribution in [0.2, 0.25) is 0 Å². The van der Waals surface area contributed by atoms with Crippen LogP contribution in [-0.2, 0) is 0 Å². The number of amides is 1. The molecule has 5 heavy (non-hydrogen) atoms. The van der Waals surface area contributed by atoms with Crippen LogP contribution in [0.1, 0.15) is 0 Å². The van der Waals surface area contributed by atoms with E-state index in [2.05, 4.69) is 16.4 Å². The van der Waals surface area contributed by atoms with Gasteiger partial charge in [0.1, 0.15) is 0 Å². The van der Waals surface area contributed by atoms with Crippen LogP contribution in [0.3, 0.4) is 0 Å². The Hall–Kier alpha value is -0.550. The summed E-state index contributed by atoms with van der Waals surface area (Å²) in [5.74, 6) is 0. The second kappa shape index (κ2) is 1.74. The molecule has 0 spiro atoms. The molecule has 0 aromatic heterocycles. The van der Waals surface area contributed by atoms with Crippen molar-refractivity contribution in [2.45, 2.75) is 0 Å². The first-order valence-electron chi connectivity index (χ1n) is 0.840. The molecule has 0 fully saturated rings. The highest BCUT2D eigenvalue weighted by Crippen LogP contribution is 1.79. The number of carbonyl (C=O) groups is 1. The quantitative estimate of drug-likeness (QED) is 0.249. The predicted octanol–water partition coefficient (Wildman–Crippen LogP) is 1.26. The number of hydrogen-bond donors (Lipinski definition) is 0. The third kappa shape index (κ3) is 3.45. The molecule has 0 rings (SSSR count). The van der Waals surface area contributed by atoms with Crippen molar-refractivity contribution in [3.63, 3.8) is 0 Å². The van der Waals surface area contributed by atoms with E-state index >= 15 is 0 Å². The Morgan fingerprint density at radius 1 is 2.00 bits per heavy atom. The smallest absolute Gasteiger partial charge is 0.301 e. The lowest BCUT2D eigenvalue weighted by Crippen LogP contribution is -1.57. The highest BCUT2D eigenvalue weighted by atomic mass is 35.5. The van der Waals surface area contributed by atoms with E-state index in [0.29, 0.717) is 0 Å². The summed E-state index contributed by atoms with van der Waals surface area (Å²) in [7, 11) is 0. The van der Waals surface area contributed by atoms with Crippen LogP contribution < -0.4 is 0 Å². The van der Waals surface area contributed by atoms with Crippen molar-refractivity contribution in [1.82, 2.24) is 0 Å². The van der Waals surface area contributed by atoms with Crippen molar-refractivity contribution in [3.8, 4) is 0 Å². The largest absolute Gasteiger partial charge is 0.450 e. The maximum atomic E-state index is 9.22. The Bertz CT molecular complexity index is 82.1. The van der Waals surface area contributed by atoms with Crippen molar-refractivity contribution in [3.05, 3.63) is 11.4 Å². The zero-order chi connectivity index (χ0) is 4.28. The van der Waals surface area contributed by atoms with E-state index in [1.165, 1.54) is 0 Å². The Balaban J connectivity index is 3.35. The third-order valence-corrected chi connectivity index (χ3v) is 0.172. The van der Waals surface area contributed by atoms with Gasteiger partial charge in [-0.2, -0.15) is 4.85 Å². The van der Waals surface area contributed by atoms with Crippen molar-refractivity contribution in [1.29, 1.82) is 0 Å². The molecule has 26 valence electrons. The van der Waals surface area contributed by atoms with Gasteiger partial charge in [-0.1, -0.05) is 11.6 Å². The first-order chi connectivity index (χ1) is 2.27. The van der Waals surface area contributed by atoms with Crippen molar-refractivity contribution >= 4 is 17.0 Å². The molecule has 0 N–H and O–H groups in total. The average molecular weight is 89.5 g/mol. The predicted molar refractivity (Wildman–Crippen MR) is 17.9 cm³/mol. The maximum absolute atomic E-state index is 9.22. The number of hydrogen-bond acceptors (Lipinski definition) is 1. The summed E-state index contributed by atoms with van der Waals surface area (Å²) in [6.45, 7) is 5.80. The molecule has 1 amide bonds. The summed E-state index contributed by atoms with van der Waals surface area (Å²) in [6.07, 6.45) is 0. The van der Waals surface area contributed by atoms with E-state index in [9.17, 15) is 4.79 Å². The van der Waals surface area contributed by atoms with Gasteiger partial charge < -0.3 is 4.79 Å². The van der Waals surface area contributed by atoms with E-state index in [4.69, 9.17) is 6.57 Å². The second-order valence-electron chi connectivity index (χ2n) is 0.365. The van der Waals surface area contributed by atoms with Gasteiger partial charge in [-0.25, -0.2) is 0 Å². The van der Waals surface area contributed by atoms with Gasteiger partial charge in [0, 0.05) is 0 Å². The Morgan fingerprint density at radius 2 is 2.20 bits per heavy atom. The van der Waals surface area contributed by atoms with Crippen LogP contribution in [0.5, 0.6) is 0 Å². The SMILES string of the molecule is [C-]#[N+]C(=O)Cl. The number of carbonyl (C=O) groups excluding carboxylic acids is 1. The van der Waals surface area contributed by atoms with Crippen LogP contribution >= 0.6 is 11.6 Å². The molecule has 0 heterocycles. The minimum atomic E-state index is -0.981. The Kier molecular flexibility index (Phi) is 1.55. The molecule has 0 aliphatic carbocycles.